The van der Waals surface area contributed by atoms with E-state index in [0.717, 1.165) is 5.56 Å². The molecule has 0 spiro atoms. The number of carbonyl (C=O) groups is 1. The van der Waals surface area contributed by atoms with Crippen LogP contribution < -0.4 is 10.1 Å². The van der Waals surface area contributed by atoms with Crippen molar-refractivity contribution in [3.05, 3.63) is 29.8 Å². The largest absolute Gasteiger partial charge is 0.492 e. The van der Waals surface area contributed by atoms with Gasteiger partial charge in [0.05, 0.1) is 6.54 Å². The summed E-state index contributed by atoms with van der Waals surface area (Å²) < 4.78 is 5.48. The minimum atomic E-state index is -1.01. The molecule has 0 saturated carbocycles. The summed E-state index contributed by atoms with van der Waals surface area (Å²) >= 11 is 0. The number of hydrogen-bond donors (Lipinski definition) is 2. The molecule has 1 aromatic rings. The second kappa shape index (κ2) is 6.81. The van der Waals surface area contributed by atoms with Crippen molar-refractivity contribution in [2.24, 2.45) is 0 Å². The van der Waals surface area contributed by atoms with Gasteiger partial charge >= 0.3 is 0 Å². The van der Waals surface area contributed by atoms with Crippen molar-refractivity contribution in [3.8, 4) is 17.6 Å². The van der Waals surface area contributed by atoms with Gasteiger partial charge in [0.1, 0.15) is 18.0 Å². The van der Waals surface area contributed by atoms with Crippen LogP contribution in [-0.2, 0) is 4.79 Å². The van der Waals surface area contributed by atoms with Crippen LogP contribution in [0.5, 0.6) is 5.75 Å². The highest BCUT2D eigenvalue weighted by atomic mass is 16.5. The maximum absolute atomic E-state index is 10.7. The number of carbonyl (C=O) groups excluding carboxylic acids is 1. The molecule has 1 amide bonds. The molecule has 19 heavy (non-hydrogen) atoms. The van der Waals surface area contributed by atoms with Crippen LogP contribution >= 0.6 is 0 Å². The molecule has 2 N–H and O–H groups in total. The summed E-state index contributed by atoms with van der Waals surface area (Å²) in [6, 6.07) is 7.30. The summed E-state index contributed by atoms with van der Waals surface area (Å²) in [4.78, 5) is 10.7. The van der Waals surface area contributed by atoms with Crippen molar-refractivity contribution in [2.75, 3.05) is 13.2 Å². The van der Waals surface area contributed by atoms with Gasteiger partial charge in [0.15, 0.2) is 0 Å². The Balaban J connectivity index is 2.57. The number of hydrogen-bond acceptors (Lipinski definition) is 3. The van der Waals surface area contributed by atoms with Gasteiger partial charge < -0.3 is 15.2 Å². The van der Waals surface area contributed by atoms with Crippen molar-refractivity contribution >= 4 is 5.91 Å². The third kappa shape index (κ3) is 7.12. The van der Waals surface area contributed by atoms with Crippen LogP contribution in [0.1, 0.15) is 26.3 Å². The van der Waals surface area contributed by atoms with Gasteiger partial charge in [0.2, 0.25) is 5.91 Å². The summed E-state index contributed by atoms with van der Waals surface area (Å²) in [6.45, 7) is 5.60. The van der Waals surface area contributed by atoms with E-state index in [-0.39, 0.29) is 5.91 Å². The van der Waals surface area contributed by atoms with Crippen molar-refractivity contribution in [1.29, 1.82) is 0 Å². The number of ether oxygens (including phenoxy) is 1. The van der Waals surface area contributed by atoms with Gasteiger partial charge in [-0.3, -0.25) is 4.79 Å². The monoisotopic (exact) mass is 261 g/mol. The lowest BCUT2D eigenvalue weighted by Gasteiger charge is -2.07. The molecule has 4 nitrogen and oxygen atoms in total. The predicted molar refractivity (Wildman–Crippen MR) is 73.8 cm³/mol. The number of benzene rings is 1. The molecule has 0 aliphatic heterocycles. The van der Waals surface area contributed by atoms with Crippen molar-refractivity contribution in [3.63, 3.8) is 0 Å². The van der Waals surface area contributed by atoms with Crippen LogP contribution in [0.25, 0.3) is 0 Å². The van der Waals surface area contributed by atoms with Gasteiger partial charge in [-0.2, -0.15) is 0 Å². The van der Waals surface area contributed by atoms with Crippen molar-refractivity contribution < 1.29 is 14.6 Å². The summed E-state index contributed by atoms with van der Waals surface area (Å²) in [5, 5.41) is 12.2. The molecular weight excluding hydrogens is 242 g/mol. The zero-order valence-electron chi connectivity index (χ0n) is 11.5. The van der Waals surface area contributed by atoms with E-state index in [1.807, 2.05) is 18.2 Å². The van der Waals surface area contributed by atoms with E-state index in [1.54, 1.807) is 19.9 Å². The Morgan fingerprint density at radius 1 is 1.47 bits per heavy atom. The molecular formula is C15H19NO3. The topological polar surface area (TPSA) is 58.6 Å². The van der Waals surface area contributed by atoms with Crippen molar-refractivity contribution in [2.45, 2.75) is 26.4 Å². The molecule has 0 aliphatic rings. The van der Waals surface area contributed by atoms with Gasteiger partial charge in [-0.25, -0.2) is 0 Å². The van der Waals surface area contributed by atoms with E-state index in [0.29, 0.717) is 18.9 Å². The molecule has 0 radical (unpaired) electrons. The zero-order chi connectivity index (χ0) is 14.3. The molecule has 0 bridgehead atoms. The molecule has 1 rings (SSSR count). The average Bonchev–Trinajstić information content (AvgIpc) is 2.32. The Hall–Kier alpha value is -1.99. The molecule has 4 heteroatoms. The molecule has 0 heterocycles. The quantitative estimate of drug-likeness (QED) is 0.635. The zero-order valence-corrected chi connectivity index (χ0v) is 11.5. The minimum Gasteiger partial charge on any atom is -0.492 e. The van der Waals surface area contributed by atoms with Crippen LogP contribution in [0.15, 0.2) is 24.3 Å². The molecule has 0 atom stereocenters. The first kappa shape index (κ1) is 15.1. The van der Waals surface area contributed by atoms with E-state index >= 15 is 0 Å². The first-order valence-corrected chi connectivity index (χ1v) is 6.10. The molecule has 1 aromatic carbocycles. The first-order chi connectivity index (χ1) is 8.87. The third-order valence-electron chi connectivity index (χ3n) is 2.09. The summed E-state index contributed by atoms with van der Waals surface area (Å²) in [6.07, 6.45) is 0. The Morgan fingerprint density at radius 3 is 2.84 bits per heavy atom. The number of rotatable bonds is 4. The van der Waals surface area contributed by atoms with Crippen LogP contribution in [0.4, 0.5) is 0 Å². The standard InChI is InChI=1S/C15H19NO3/c1-12(17)16-9-10-19-14-6-4-5-13(11-14)7-8-15(2,3)18/h4-6,11,18H,9-10H2,1-3H3,(H,16,17). The minimum absolute atomic E-state index is 0.0756. The van der Waals surface area contributed by atoms with E-state index in [2.05, 4.69) is 17.2 Å². The maximum Gasteiger partial charge on any atom is 0.216 e. The fourth-order valence-electron chi connectivity index (χ4n) is 1.28. The number of nitrogens with one attached hydrogen (secondary N) is 1. The number of amides is 1. The smallest absolute Gasteiger partial charge is 0.216 e. The molecule has 0 aromatic heterocycles. The van der Waals surface area contributed by atoms with Gasteiger partial charge in [-0.15, -0.1) is 0 Å². The van der Waals surface area contributed by atoms with Gasteiger partial charge in [0.25, 0.3) is 0 Å². The summed E-state index contributed by atoms with van der Waals surface area (Å²) in [7, 11) is 0. The van der Waals surface area contributed by atoms with Crippen LogP contribution in [-0.4, -0.2) is 29.8 Å². The molecule has 0 aliphatic carbocycles. The lowest BCUT2D eigenvalue weighted by Crippen LogP contribution is -2.25. The van der Waals surface area contributed by atoms with Crippen LogP contribution in [0.2, 0.25) is 0 Å². The van der Waals surface area contributed by atoms with Crippen LogP contribution in [0, 0.1) is 11.8 Å². The fraction of sp³-hybridized carbons (Fsp3) is 0.400. The van der Waals surface area contributed by atoms with Gasteiger partial charge in [-0.1, -0.05) is 17.9 Å². The summed E-state index contributed by atoms with van der Waals surface area (Å²) in [5.74, 6) is 6.24. The number of aliphatic hydroxyl groups is 1. The molecule has 0 unspecified atom stereocenters. The highest BCUT2D eigenvalue weighted by molar-refractivity contribution is 5.72. The SMILES string of the molecule is CC(=O)NCCOc1cccc(C#CC(C)(C)O)c1. The second-order valence-corrected chi connectivity index (χ2v) is 4.67. The van der Waals surface area contributed by atoms with E-state index in [1.165, 1.54) is 6.92 Å². The van der Waals surface area contributed by atoms with Crippen molar-refractivity contribution in [1.82, 2.24) is 5.32 Å². The molecule has 0 fully saturated rings. The van der Waals surface area contributed by atoms with Crippen LogP contribution in [0.3, 0.4) is 0 Å². The van der Waals surface area contributed by atoms with Gasteiger partial charge in [-0.05, 0) is 32.0 Å². The second-order valence-electron chi connectivity index (χ2n) is 4.67. The fourth-order valence-corrected chi connectivity index (χ4v) is 1.28. The molecule has 102 valence electrons. The lowest BCUT2D eigenvalue weighted by molar-refractivity contribution is -0.119. The van der Waals surface area contributed by atoms with E-state index in [9.17, 15) is 9.90 Å². The Bertz CT molecular complexity index is 492. The van der Waals surface area contributed by atoms with E-state index in [4.69, 9.17) is 4.74 Å². The Labute approximate surface area is 113 Å². The Morgan fingerprint density at radius 2 is 2.21 bits per heavy atom. The Kier molecular flexibility index (Phi) is 5.40. The predicted octanol–water partition coefficient (Wildman–Crippen LogP) is 1.32. The maximum atomic E-state index is 10.7. The van der Waals surface area contributed by atoms with E-state index < -0.39 is 5.60 Å². The van der Waals surface area contributed by atoms with Gasteiger partial charge in [0, 0.05) is 12.5 Å². The lowest BCUT2D eigenvalue weighted by atomic mass is 10.1. The highest BCUT2D eigenvalue weighted by Gasteiger charge is 2.05. The first-order valence-electron chi connectivity index (χ1n) is 6.10. The third-order valence-corrected chi connectivity index (χ3v) is 2.09. The average molecular weight is 261 g/mol. The normalized spacial score (nSPS) is 10.3. The highest BCUT2D eigenvalue weighted by Crippen LogP contribution is 2.12. The molecule has 0 saturated heterocycles. The summed E-state index contributed by atoms with van der Waals surface area (Å²) in [5.41, 5.74) is -0.235.